The van der Waals surface area contributed by atoms with Crippen molar-refractivity contribution in [3.05, 3.63) is 60.2 Å². The molecule has 1 heterocycles. The molecule has 0 unspecified atom stereocenters. The average Bonchev–Trinajstić information content (AvgIpc) is 2.83. The van der Waals surface area contributed by atoms with Gasteiger partial charge in [0.25, 0.3) is 0 Å². The topological polar surface area (TPSA) is 32.8 Å². The maximum atomic E-state index is 12.7. The molecule has 1 aliphatic heterocycles. The Hall–Kier alpha value is -2.49. The quantitative estimate of drug-likeness (QED) is 0.628. The van der Waals surface area contributed by atoms with E-state index in [-0.39, 0.29) is 0 Å². The van der Waals surface area contributed by atoms with Crippen LogP contribution in [0.25, 0.3) is 0 Å². The van der Waals surface area contributed by atoms with Crippen LogP contribution in [0.4, 0.5) is 5.69 Å². The highest BCUT2D eigenvalue weighted by Crippen LogP contribution is 2.30. The van der Waals surface area contributed by atoms with Crippen molar-refractivity contribution in [2.24, 2.45) is 5.92 Å². The molecule has 30 heavy (non-hydrogen) atoms. The summed E-state index contributed by atoms with van der Waals surface area (Å²) in [5, 5.41) is 0. The summed E-state index contributed by atoms with van der Waals surface area (Å²) in [6, 6.07) is 18.5. The van der Waals surface area contributed by atoms with E-state index >= 15 is 0 Å². The van der Waals surface area contributed by atoms with Gasteiger partial charge in [-0.2, -0.15) is 0 Å². The van der Waals surface area contributed by atoms with E-state index in [1.165, 1.54) is 37.7 Å². The molecule has 0 radical (unpaired) electrons. The summed E-state index contributed by atoms with van der Waals surface area (Å²) in [5.41, 5.74) is 2.29. The van der Waals surface area contributed by atoms with Crippen molar-refractivity contribution in [2.75, 3.05) is 31.1 Å². The first kappa shape index (κ1) is 20.8. The molecule has 1 aliphatic carbocycles. The van der Waals surface area contributed by atoms with Gasteiger partial charge >= 0.3 is 0 Å². The van der Waals surface area contributed by atoms with Gasteiger partial charge in [-0.15, -0.1) is 0 Å². The number of benzene rings is 2. The molecule has 0 aromatic heterocycles. The normalized spacial score (nSPS) is 17.7. The zero-order valence-electron chi connectivity index (χ0n) is 18.0. The SMILES string of the molecule is O=C(CCC1CCCCC1)N1CCN(c2ccccc2OCc2ccccc2)CC1. The Kier molecular flexibility index (Phi) is 7.28. The Morgan fingerprint density at radius 2 is 1.57 bits per heavy atom. The van der Waals surface area contributed by atoms with Crippen LogP contribution in [0.2, 0.25) is 0 Å². The lowest BCUT2D eigenvalue weighted by Crippen LogP contribution is -2.48. The number of carbonyl (C=O) groups excluding carboxylic acids is 1. The predicted molar refractivity (Wildman–Crippen MR) is 122 cm³/mol. The van der Waals surface area contributed by atoms with Gasteiger partial charge in [0.1, 0.15) is 12.4 Å². The Morgan fingerprint density at radius 1 is 0.867 bits per heavy atom. The lowest BCUT2D eigenvalue weighted by molar-refractivity contribution is -0.131. The number of rotatable bonds is 7. The molecule has 1 amide bonds. The van der Waals surface area contributed by atoms with E-state index in [9.17, 15) is 4.79 Å². The fourth-order valence-electron chi connectivity index (χ4n) is 4.73. The Balaban J connectivity index is 1.28. The van der Waals surface area contributed by atoms with Crippen LogP contribution in [0.15, 0.2) is 54.6 Å². The largest absolute Gasteiger partial charge is 0.487 e. The summed E-state index contributed by atoms with van der Waals surface area (Å²) in [7, 11) is 0. The van der Waals surface area contributed by atoms with Crippen LogP contribution < -0.4 is 9.64 Å². The zero-order chi connectivity index (χ0) is 20.6. The first-order valence-corrected chi connectivity index (χ1v) is 11.6. The van der Waals surface area contributed by atoms with Gasteiger partial charge in [0.15, 0.2) is 0 Å². The molecule has 4 rings (SSSR count). The minimum atomic E-state index is 0.342. The second-order valence-corrected chi connectivity index (χ2v) is 8.65. The highest BCUT2D eigenvalue weighted by atomic mass is 16.5. The van der Waals surface area contributed by atoms with Crippen LogP contribution in [0.3, 0.4) is 0 Å². The second kappa shape index (κ2) is 10.5. The molecule has 2 aromatic rings. The molecule has 1 saturated heterocycles. The average molecular weight is 407 g/mol. The van der Waals surface area contributed by atoms with Crippen molar-refractivity contribution in [3.63, 3.8) is 0 Å². The number of ether oxygens (including phenoxy) is 1. The number of carbonyl (C=O) groups is 1. The minimum absolute atomic E-state index is 0.342. The summed E-state index contributed by atoms with van der Waals surface area (Å²) in [6.07, 6.45) is 8.52. The highest BCUT2D eigenvalue weighted by Gasteiger charge is 2.24. The molecule has 0 atom stereocenters. The lowest BCUT2D eigenvalue weighted by Gasteiger charge is -2.37. The number of nitrogens with zero attached hydrogens (tertiary/aromatic N) is 2. The molecule has 160 valence electrons. The summed E-state index contributed by atoms with van der Waals surface area (Å²) in [4.78, 5) is 17.1. The van der Waals surface area contributed by atoms with Gasteiger partial charge in [0.05, 0.1) is 5.69 Å². The van der Waals surface area contributed by atoms with Crippen molar-refractivity contribution < 1.29 is 9.53 Å². The summed E-state index contributed by atoms with van der Waals surface area (Å²) < 4.78 is 6.13. The van der Waals surface area contributed by atoms with Crippen LogP contribution in [-0.2, 0) is 11.4 Å². The van der Waals surface area contributed by atoms with Gasteiger partial charge in [-0.3, -0.25) is 4.79 Å². The molecule has 0 bridgehead atoms. The van der Waals surface area contributed by atoms with Gasteiger partial charge < -0.3 is 14.5 Å². The van der Waals surface area contributed by atoms with Crippen molar-refractivity contribution >= 4 is 11.6 Å². The maximum Gasteiger partial charge on any atom is 0.222 e. The third-order valence-electron chi connectivity index (χ3n) is 6.57. The minimum Gasteiger partial charge on any atom is -0.487 e. The first-order valence-electron chi connectivity index (χ1n) is 11.6. The Bertz CT molecular complexity index is 794. The predicted octanol–water partition coefficient (Wildman–Crippen LogP) is 5.27. The molecular weight excluding hydrogens is 372 g/mol. The Labute approximate surface area is 180 Å². The van der Waals surface area contributed by atoms with Gasteiger partial charge in [-0.1, -0.05) is 74.6 Å². The molecule has 4 heteroatoms. The molecule has 2 fully saturated rings. The number of hydrogen-bond acceptors (Lipinski definition) is 3. The number of anilines is 1. The Morgan fingerprint density at radius 3 is 2.33 bits per heavy atom. The number of amides is 1. The third kappa shape index (κ3) is 5.56. The van der Waals surface area contributed by atoms with E-state index in [0.717, 1.165) is 56.4 Å². The van der Waals surface area contributed by atoms with Crippen molar-refractivity contribution in [3.8, 4) is 5.75 Å². The van der Waals surface area contributed by atoms with Crippen LogP contribution in [-0.4, -0.2) is 37.0 Å². The van der Waals surface area contributed by atoms with E-state index < -0.39 is 0 Å². The smallest absolute Gasteiger partial charge is 0.222 e. The van der Waals surface area contributed by atoms with E-state index in [2.05, 4.69) is 34.1 Å². The van der Waals surface area contributed by atoms with Crippen LogP contribution in [0.1, 0.15) is 50.5 Å². The van der Waals surface area contributed by atoms with Gasteiger partial charge in [0.2, 0.25) is 5.91 Å². The van der Waals surface area contributed by atoms with E-state index in [1.807, 2.05) is 30.3 Å². The third-order valence-corrected chi connectivity index (χ3v) is 6.57. The van der Waals surface area contributed by atoms with E-state index in [0.29, 0.717) is 12.5 Å². The summed E-state index contributed by atoms with van der Waals surface area (Å²) >= 11 is 0. The first-order chi connectivity index (χ1) is 14.8. The molecule has 0 N–H and O–H groups in total. The van der Waals surface area contributed by atoms with E-state index in [4.69, 9.17) is 4.74 Å². The van der Waals surface area contributed by atoms with Crippen molar-refractivity contribution in [2.45, 2.75) is 51.6 Å². The fraction of sp³-hybridized carbons (Fsp3) is 0.500. The zero-order valence-corrected chi connectivity index (χ0v) is 18.0. The number of hydrogen-bond donors (Lipinski definition) is 0. The van der Waals surface area contributed by atoms with Gasteiger partial charge in [0, 0.05) is 32.6 Å². The van der Waals surface area contributed by atoms with Crippen LogP contribution in [0.5, 0.6) is 5.75 Å². The highest BCUT2D eigenvalue weighted by molar-refractivity contribution is 5.76. The molecular formula is C26H34N2O2. The molecule has 1 saturated carbocycles. The number of para-hydroxylation sites is 2. The van der Waals surface area contributed by atoms with Crippen molar-refractivity contribution in [1.82, 2.24) is 4.90 Å². The maximum absolute atomic E-state index is 12.7. The summed E-state index contributed by atoms with van der Waals surface area (Å²) in [6.45, 7) is 3.90. The fourth-order valence-corrected chi connectivity index (χ4v) is 4.73. The van der Waals surface area contributed by atoms with Crippen molar-refractivity contribution in [1.29, 1.82) is 0 Å². The van der Waals surface area contributed by atoms with Crippen LogP contribution in [0, 0.1) is 5.92 Å². The molecule has 4 nitrogen and oxygen atoms in total. The molecule has 2 aliphatic rings. The lowest BCUT2D eigenvalue weighted by atomic mass is 9.86. The standard InChI is InChI=1S/C26H34N2O2/c29-26(16-15-22-9-3-1-4-10-22)28-19-17-27(18-20-28)24-13-7-8-14-25(24)30-21-23-11-5-2-6-12-23/h2,5-8,11-14,22H,1,3-4,9-10,15-21H2. The molecule has 2 aromatic carbocycles. The second-order valence-electron chi connectivity index (χ2n) is 8.65. The van der Waals surface area contributed by atoms with E-state index in [1.54, 1.807) is 0 Å². The van der Waals surface area contributed by atoms with Crippen LogP contribution >= 0.6 is 0 Å². The summed E-state index contributed by atoms with van der Waals surface area (Å²) in [5.74, 6) is 2.03. The monoisotopic (exact) mass is 406 g/mol. The molecule has 0 spiro atoms. The van der Waals surface area contributed by atoms with Gasteiger partial charge in [-0.25, -0.2) is 0 Å². The number of piperazine rings is 1. The van der Waals surface area contributed by atoms with Gasteiger partial charge in [-0.05, 0) is 30.0 Å².